The van der Waals surface area contributed by atoms with Gasteiger partial charge in [0.2, 0.25) is 5.91 Å². The fourth-order valence-electron chi connectivity index (χ4n) is 1.70. The van der Waals surface area contributed by atoms with Crippen molar-refractivity contribution in [2.24, 2.45) is 0 Å². The summed E-state index contributed by atoms with van der Waals surface area (Å²) in [5.74, 6) is 0.527. The molecule has 1 heterocycles. The van der Waals surface area contributed by atoms with Gasteiger partial charge in [-0.15, -0.1) is 0 Å². The average molecular weight is 391 g/mol. The summed E-state index contributed by atoms with van der Waals surface area (Å²) in [5.41, 5.74) is 2.17. The van der Waals surface area contributed by atoms with E-state index in [4.69, 9.17) is 16.1 Å². The van der Waals surface area contributed by atoms with Crippen molar-refractivity contribution in [2.75, 3.05) is 5.32 Å². The topological polar surface area (TPSA) is 55.1 Å². The highest BCUT2D eigenvalue weighted by Gasteiger charge is 2.14. The Hall–Kier alpha value is -1.08. The van der Waals surface area contributed by atoms with E-state index in [1.807, 2.05) is 13.0 Å². The highest BCUT2D eigenvalue weighted by Crippen LogP contribution is 2.24. The van der Waals surface area contributed by atoms with Crippen LogP contribution in [0.15, 0.2) is 22.7 Å². The minimum Gasteiger partial charge on any atom is -0.361 e. The number of hydrogen-bond donors (Lipinski definition) is 1. The third kappa shape index (κ3) is 3.48. The molecule has 6 heteroatoms. The number of anilines is 1. The van der Waals surface area contributed by atoms with Gasteiger partial charge in [-0.1, -0.05) is 16.8 Å². The zero-order valence-electron chi connectivity index (χ0n) is 10.5. The van der Waals surface area contributed by atoms with Gasteiger partial charge in [0.05, 0.1) is 22.8 Å². The molecular formula is C13H12ClIN2O2. The van der Waals surface area contributed by atoms with E-state index in [0.717, 1.165) is 14.8 Å². The number of halogens is 2. The van der Waals surface area contributed by atoms with Crippen LogP contribution in [0.4, 0.5) is 5.69 Å². The maximum absolute atomic E-state index is 12.0. The molecule has 0 spiro atoms. The summed E-state index contributed by atoms with van der Waals surface area (Å²) in [6.45, 7) is 3.61. The highest BCUT2D eigenvalue weighted by molar-refractivity contribution is 14.1. The molecule has 0 radical (unpaired) electrons. The number of benzene rings is 1. The molecule has 4 nitrogen and oxygen atoms in total. The van der Waals surface area contributed by atoms with Crippen molar-refractivity contribution in [1.29, 1.82) is 0 Å². The standard InChI is InChI=1S/C13H12ClIN2O2/c1-7-10(8(2)19-17-7)6-13(18)16-12-4-3-9(15)5-11(12)14/h3-5H,6H2,1-2H3,(H,16,18). The highest BCUT2D eigenvalue weighted by atomic mass is 127. The minimum absolute atomic E-state index is 0.141. The van der Waals surface area contributed by atoms with E-state index in [9.17, 15) is 4.79 Å². The number of nitrogens with zero attached hydrogens (tertiary/aromatic N) is 1. The molecule has 1 amide bonds. The largest absolute Gasteiger partial charge is 0.361 e. The predicted octanol–water partition coefficient (Wildman–Crippen LogP) is 3.73. The SMILES string of the molecule is Cc1noc(C)c1CC(=O)Nc1ccc(I)cc1Cl. The van der Waals surface area contributed by atoms with Gasteiger partial charge in [-0.25, -0.2) is 0 Å². The molecule has 1 N–H and O–H groups in total. The molecule has 2 rings (SSSR count). The maximum Gasteiger partial charge on any atom is 0.229 e. The van der Waals surface area contributed by atoms with Gasteiger partial charge in [-0.2, -0.15) is 0 Å². The molecule has 0 aliphatic carbocycles. The molecule has 0 saturated carbocycles. The molecule has 19 heavy (non-hydrogen) atoms. The summed E-state index contributed by atoms with van der Waals surface area (Å²) >= 11 is 8.23. The Balaban J connectivity index is 2.10. The Kier molecular flexibility index (Phi) is 4.46. The van der Waals surface area contributed by atoms with Crippen molar-refractivity contribution in [1.82, 2.24) is 5.16 Å². The molecule has 0 aliphatic rings. The van der Waals surface area contributed by atoms with Crippen LogP contribution >= 0.6 is 34.2 Å². The monoisotopic (exact) mass is 390 g/mol. The predicted molar refractivity (Wildman–Crippen MR) is 82.5 cm³/mol. The number of nitrogens with one attached hydrogen (secondary N) is 1. The van der Waals surface area contributed by atoms with Crippen molar-refractivity contribution in [3.8, 4) is 0 Å². The third-order valence-corrected chi connectivity index (χ3v) is 3.71. The Bertz CT molecular complexity index is 606. The lowest BCUT2D eigenvalue weighted by molar-refractivity contribution is -0.115. The number of rotatable bonds is 3. The zero-order valence-corrected chi connectivity index (χ0v) is 13.4. The molecule has 100 valence electrons. The molecule has 1 aromatic carbocycles. The molecule has 2 aromatic rings. The van der Waals surface area contributed by atoms with E-state index < -0.39 is 0 Å². The zero-order chi connectivity index (χ0) is 14.0. The van der Waals surface area contributed by atoms with Gasteiger partial charge in [-0.05, 0) is 54.6 Å². The van der Waals surface area contributed by atoms with Gasteiger partial charge in [0.25, 0.3) is 0 Å². The fourth-order valence-corrected chi connectivity index (χ4v) is 2.60. The Labute approximate surface area is 129 Å². The van der Waals surface area contributed by atoms with Gasteiger partial charge < -0.3 is 9.84 Å². The van der Waals surface area contributed by atoms with Crippen molar-refractivity contribution in [3.05, 3.63) is 43.8 Å². The van der Waals surface area contributed by atoms with Gasteiger partial charge >= 0.3 is 0 Å². The first-order chi connectivity index (χ1) is 8.97. The summed E-state index contributed by atoms with van der Waals surface area (Å²) in [6.07, 6.45) is 0.226. The summed E-state index contributed by atoms with van der Waals surface area (Å²) in [7, 11) is 0. The van der Waals surface area contributed by atoms with Crippen LogP contribution < -0.4 is 5.32 Å². The number of aryl methyl sites for hydroxylation is 2. The summed E-state index contributed by atoms with van der Waals surface area (Å²) in [4.78, 5) is 12.0. The van der Waals surface area contributed by atoms with Crippen molar-refractivity contribution < 1.29 is 9.32 Å². The van der Waals surface area contributed by atoms with Crippen LogP contribution in [0.1, 0.15) is 17.0 Å². The number of aromatic nitrogens is 1. The Morgan fingerprint density at radius 1 is 1.47 bits per heavy atom. The van der Waals surface area contributed by atoms with Gasteiger partial charge in [0.1, 0.15) is 5.76 Å². The maximum atomic E-state index is 12.0. The molecule has 1 aromatic heterocycles. The smallest absolute Gasteiger partial charge is 0.229 e. The quantitative estimate of drug-likeness (QED) is 0.813. The molecular weight excluding hydrogens is 379 g/mol. The van der Waals surface area contributed by atoms with Crippen LogP contribution in [0, 0.1) is 17.4 Å². The van der Waals surface area contributed by atoms with E-state index in [0.29, 0.717) is 16.5 Å². The van der Waals surface area contributed by atoms with Crippen LogP contribution in [0.5, 0.6) is 0 Å². The second kappa shape index (κ2) is 5.92. The lowest BCUT2D eigenvalue weighted by atomic mass is 10.1. The first-order valence-electron chi connectivity index (χ1n) is 5.64. The summed E-state index contributed by atoms with van der Waals surface area (Å²) in [6, 6.07) is 5.47. The molecule has 0 atom stereocenters. The summed E-state index contributed by atoms with van der Waals surface area (Å²) < 4.78 is 6.05. The fraction of sp³-hybridized carbons (Fsp3) is 0.231. The number of hydrogen-bond acceptors (Lipinski definition) is 3. The van der Waals surface area contributed by atoms with E-state index >= 15 is 0 Å². The van der Waals surface area contributed by atoms with E-state index in [1.54, 1.807) is 19.1 Å². The molecule has 0 bridgehead atoms. The van der Waals surface area contributed by atoms with E-state index in [-0.39, 0.29) is 12.3 Å². The van der Waals surface area contributed by atoms with Gasteiger partial charge in [0, 0.05) is 9.13 Å². The van der Waals surface area contributed by atoms with Crippen LogP contribution in [0.3, 0.4) is 0 Å². The first kappa shape index (κ1) is 14.3. The second-order valence-electron chi connectivity index (χ2n) is 4.15. The lowest BCUT2D eigenvalue weighted by Crippen LogP contribution is -2.15. The Morgan fingerprint density at radius 2 is 2.21 bits per heavy atom. The average Bonchev–Trinajstić information content (AvgIpc) is 2.65. The van der Waals surface area contributed by atoms with Crippen LogP contribution in [-0.4, -0.2) is 11.1 Å². The lowest BCUT2D eigenvalue weighted by Gasteiger charge is -2.07. The van der Waals surface area contributed by atoms with Crippen molar-refractivity contribution >= 4 is 45.8 Å². The van der Waals surface area contributed by atoms with Crippen LogP contribution in [0.25, 0.3) is 0 Å². The molecule has 0 saturated heterocycles. The van der Waals surface area contributed by atoms with Crippen molar-refractivity contribution in [3.63, 3.8) is 0 Å². The van der Waals surface area contributed by atoms with E-state index in [1.165, 1.54) is 0 Å². The molecule has 0 fully saturated rings. The number of amides is 1. The van der Waals surface area contributed by atoms with Gasteiger partial charge in [-0.3, -0.25) is 4.79 Å². The first-order valence-corrected chi connectivity index (χ1v) is 7.09. The van der Waals surface area contributed by atoms with Crippen LogP contribution in [0.2, 0.25) is 5.02 Å². The molecule has 0 unspecified atom stereocenters. The van der Waals surface area contributed by atoms with Gasteiger partial charge in [0.15, 0.2) is 0 Å². The molecule has 0 aliphatic heterocycles. The Morgan fingerprint density at radius 3 is 2.79 bits per heavy atom. The third-order valence-electron chi connectivity index (χ3n) is 2.72. The van der Waals surface area contributed by atoms with Crippen molar-refractivity contribution in [2.45, 2.75) is 20.3 Å². The normalized spacial score (nSPS) is 10.5. The van der Waals surface area contributed by atoms with Crippen LogP contribution in [-0.2, 0) is 11.2 Å². The number of carbonyl (C=O) groups is 1. The number of carbonyl (C=O) groups excluding carboxylic acids is 1. The second-order valence-corrected chi connectivity index (χ2v) is 5.80. The van der Waals surface area contributed by atoms with E-state index in [2.05, 4.69) is 33.1 Å². The minimum atomic E-state index is -0.141. The summed E-state index contributed by atoms with van der Waals surface area (Å²) in [5, 5.41) is 7.14.